The minimum absolute atomic E-state index is 0.0774. The highest BCUT2D eigenvalue weighted by atomic mass is 32.2. The fraction of sp³-hybridized carbons (Fsp3) is 0.267. The van der Waals surface area contributed by atoms with Crippen molar-refractivity contribution in [1.82, 2.24) is 0 Å². The van der Waals surface area contributed by atoms with E-state index in [1.807, 2.05) is 11.4 Å². The molecular formula is C15H15N3O2S2. The molecule has 2 aromatic rings. The molecule has 0 radical (unpaired) electrons. The lowest BCUT2D eigenvalue weighted by atomic mass is 10.0. The number of benzene rings is 1. The summed E-state index contributed by atoms with van der Waals surface area (Å²) in [5.74, 6) is 0.890. The second-order valence-electron chi connectivity index (χ2n) is 5.08. The molecule has 0 saturated carbocycles. The Hall–Kier alpha value is -1.70. The maximum atomic E-state index is 10.7. The van der Waals surface area contributed by atoms with Crippen LogP contribution in [0.2, 0.25) is 0 Å². The number of nitro benzene ring substituents is 1. The van der Waals surface area contributed by atoms with Gasteiger partial charge in [-0.2, -0.15) is 0 Å². The van der Waals surface area contributed by atoms with E-state index in [-0.39, 0.29) is 17.8 Å². The molecule has 0 saturated heterocycles. The largest absolute Gasteiger partial charge is 0.326 e. The molecule has 0 fully saturated rings. The van der Waals surface area contributed by atoms with Crippen LogP contribution in [0.25, 0.3) is 0 Å². The van der Waals surface area contributed by atoms with E-state index >= 15 is 0 Å². The second kappa shape index (κ2) is 6.60. The first-order valence-corrected chi connectivity index (χ1v) is 8.73. The van der Waals surface area contributed by atoms with Gasteiger partial charge in [-0.15, -0.1) is 23.1 Å². The summed E-state index contributed by atoms with van der Waals surface area (Å²) < 4.78 is 0. The van der Waals surface area contributed by atoms with Gasteiger partial charge in [0.2, 0.25) is 0 Å². The standard InChI is InChI=1S/C15H15N3O2S2/c16-12(8-10-3-5-11(6-4-10)18(19)20)13-9-22-15(17-13)14-2-1-7-21-14/h1-7,12-13H,8-9,16H2/t12-,13?/m0/s1. The van der Waals surface area contributed by atoms with E-state index in [1.54, 1.807) is 35.2 Å². The van der Waals surface area contributed by atoms with Crippen LogP contribution in [0.1, 0.15) is 10.4 Å². The van der Waals surface area contributed by atoms with Crippen molar-refractivity contribution in [1.29, 1.82) is 0 Å². The molecule has 1 aromatic heterocycles. The first-order chi connectivity index (χ1) is 10.6. The second-order valence-corrected chi connectivity index (χ2v) is 7.04. The van der Waals surface area contributed by atoms with E-state index < -0.39 is 4.92 Å². The average molecular weight is 333 g/mol. The number of hydrogen-bond donors (Lipinski definition) is 1. The third-order valence-corrected chi connectivity index (χ3v) is 5.63. The first-order valence-electron chi connectivity index (χ1n) is 6.87. The summed E-state index contributed by atoms with van der Waals surface area (Å²) in [6.45, 7) is 0. The van der Waals surface area contributed by atoms with Gasteiger partial charge in [0, 0.05) is 23.9 Å². The van der Waals surface area contributed by atoms with Crippen LogP contribution in [-0.2, 0) is 6.42 Å². The quantitative estimate of drug-likeness (QED) is 0.673. The molecule has 0 aliphatic carbocycles. The molecule has 1 aliphatic heterocycles. The molecule has 0 bridgehead atoms. The molecule has 0 spiro atoms. The number of thioether (sulfide) groups is 1. The SMILES string of the molecule is N[C@@H](Cc1ccc([N+](=O)[O-])cc1)C1CSC(c2cccs2)=N1. The third-order valence-electron chi connectivity index (χ3n) is 3.52. The number of hydrogen-bond acceptors (Lipinski definition) is 6. The van der Waals surface area contributed by atoms with Crippen LogP contribution in [0.5, 0.6) is 0 Å². The number of nitrogens with two attached hydrogens (primary N) is 1. The normalized spacial score (nSPS) is 19.0. The highest BCUT2D eigenvalue weighted by Gasteiger charge is 2.25. The number of nitro groups is 1. The lowest BCUT2D eigenvalue weighted by Gasteiger charge is -2.15. The van der Waals surface area contributed by atoms with E-state index in [4.69, 9.17) is 10.7 Å². The zero-order valence-electron chi connectivity index (χ0n) is 11.7. The predicted molar refractivity (Wildman–Crippen MR) is 91.9 cm³/mol. The number of thiophene rings is 1. The molecule has 114 valence electrons. The summed E-state index contributed by atoms with van der Waals surface area (Å²) in [5, 5.41) is 13.8. The van der Waals surface area contributed by atoms with E-state index in [0.717, 1.165) is 16.4 Å². The average Bonchev–Trinajstić information content (AvgIpc) is 3.19. The summed E-state index contributed by atoms with van der Waals surface area (Å²) in [4.78, 5) is 16.2. The van der Waals surface area contributed by atoms with Crippen molar-refractivity contribution in [3.63, 3.8) is 0 Å². The molecule has 22 heavy (non-hydrogen) atoms. The molecule has 5 nitrogen and oxygen atoms in total. The minimum Gasteiger partial charge on any atom is -0.326 e. The number of non-ortho nitro benzene ring substituents is 1. The van der Waals surface area contributed by atoms with Crippen molar-refractivity contribution in [2.24, 2.45) is 10.7 Å². The van der Waals surface area contributed by atoms with Gasteiger partial charge in [0.1, 0.15) is 5.04 Å². The van der Waals surface area contributed by atoms with Gasteiger partial charge in [-0.25, -0.2) is 0 Å². The summed E-state index contributed by atoms with van der Waals surface area (Å²) in [6.07, 6.45) is 0.671. The fourth-order valence-corrected chi connectivity index (χ4v) is 4.31. The summed E-state index contributed by atoms with van der Waals surface area (Å²) in [7, 11) is 0. The summed E-state index contributed by atoms with van der Waals surface area (Å²) in [6, 6.07) is 10.7. The first kappa shape index (κ1) is 15.2. The lowest BCUT2D eigenvalue weighted by molar-refractivity contribution is -0.384. The van der Waals surface area contributed by atoms with Crippen LogP contribution in [0, 0.1) is 10.1 Å². The summed E-state index contributed by atoms with van der Waals surface area (Å²) in [5.41, 5.74) is 7.38. The minimum atomic E-state index is -0.394. The molecule has 1 unspecified atom stereocenters. The van der Waals surface area contributed by atoms with Crippen molar-refractivity contribution in [2.45, 2.75) is 18.5 Å². The Morgan fingerprint density at radius 1 is 1.36 bits per heavy atom. The van der Waals surface area contributed by atoms with Crippen molar-refractivity contribution in [3.05, 3.63) is 62.3 Å². The molecule has 3 rings (SSSR count). The molecular weight excluding hydrogens is 318 g/mol. The van der Waals surface area contributed by atoms with Crippen molar-refractivity contribution in [2.75, 3.05) is 5.75 Å². The molecule has 2 atom stereocenters. The third kappa shape index (κ3) is 3.37. The van der Waals surface area contributed by atoms with Gasteiger partial charge in [0.05, 0.1) is 15.8 Å². The Morgan fingerprint density at radius 2 is 2.14 bits per heavy atom. The molecule has 1 aromatic carbocycles. The highest BCUT2D eigenvalue weighted by molar-refractivity contribution is 8.15. The van der Waals surface area contributed by atoms with Crippen LogP contribution in [0.15, 0.2) is 46.8 Å². The van der Waals surface area contributed by atoms with Crippen LogP contribution in [0.4, 0.5) is 5.69 Å². The molecule has 7 heteroatoms. The monoisotopic (exact) mass is 333 g/mol. The predicted octanol–water partition coefficient (Wildman–Crippen LogP) is 3.09. The maximum Gasteiger partial charge on any atom is 0.269 e. The lowest BCUT2D eigenvalue weighted by Crippen LogP contribution is -2.35. The molecule has 0 amide bonds. The number of aliphatic imine (C=N–C) groups is 1. The summed E-state index contributed by atoms with van der Waals surface area (Å²) >= 11 is 3.43. The number of nitrogens with zero attached hydrogens (tertiary/aromatic N) is 2. The van der Waals surface area contributed by atoms with Crippen LogP contribution >= 0.6 is 23.1 Å². The van der Waals surface area contributed by atoms with E-state index in [2.05, 4.69) is 6.07 Å². The van der Waals surface area contributed by atoms with Crippen molar-refractivity contribution >= 4 is 33.8 Å². The van der Waals surface area contributed by atoms with E-state index in [1.165, 1.54) is 17.0 Å². The fourth-order valence-electron chi connectivity index (χ4n) is 2.31. The van der Waals surface area contributed by atoms with Crippen LogP contribution in [0.3, 0.4) is 0 Å². The number of rotatable bonds is 5. The molecule has 2 N–H and O–H groups in total. The molecule has 1 aliphatic rings. The van der Waals surface area contributed by atoms with Gasteiger partial charge in [0.15, 0.2) is 0 Å². The van der Waals surface area contributed by atoms with Gasteiger partial charge in [-0.05, 0) is 23.4 Å². The van der Waals surface area contributed by atoms with Crippen molar-refractivity contribution in [3.8, 4) is 0 Å². The Kier molecular flexibility index (Phi) is 4.56. The van der Waals surface area contributed by atoms with Crippen molar-refractivity contribution < 1.29 is 4.92 Å². The van der Waals surface area contributed by atoms with Gasteiger partial charge < -0.3 is 5.73 Å². The van der Waals surface area contributed by atoms with Crippen LogP contribution in [-0.4, -0.2) is 27.8 Å². The van der Waals surface area contributed by atoms with Gasteiger partial charge >= 0.3 is 0 Å². The Labute approximate surface area is 136 Å². The van der Waals surface area contributed by atoms with E-state index in [9.17, 15) is 10.1 Å². The smallest absolute Gasteiger partial charge is 0.269 e. The zero-order valence-corrected chi connectivity index (χ0v) is 13.3. The zero-order chi connectivity index (χ0) is 15.5. The molecule has 2 heterocycles. The highest BCUT2D eigenvalue weighted by Crippen LogP contribution is 2.28. The Bertz CT molecular complexity index is 683. The maximum absolute atomic E-state index is 10.7. The van der Waals surface area contributed by atoms with Gasteiger partial charge in [0.25, 0.3) is 5.69 Å². The Balaban J connectivity index is 1.65. The van der Waals surface area contributed by atoms with Crippen LogP contribution < -0.4 is 5.73 Å². The topological polar surface area (TPSA) is 81.5 Å². The van der Waals surface area contributed by atoms with Gasteiger partial charge in [-0.3, -0.25) is 15.1 Å². The van der Waals surface area contributed by atoms with E-state index in [0.29, 0.717) is 6.42 Å². The Morgan fingerprint density at radius 3 is 2.77 bits per heavy atom. The van der Waals surface area contributed by atoms with Gasteiger partial charge in [-0.1, -0.05) is 18.2 Å².